The van der Waals surface area contributed by atoms with Gasteiger partial charge in [0.25, 0.3) is 11.7 Å². The highest BCUT2D eigenvalue weighted by molar-refractivity contribution is 6.51. The number of anilines is 1. The monoisotopic (exact) mass is 413 g/mol. The molecule has 3 aromatic rings. The lowest BCUT2D eigenvalue weighted by molar-refractivity contribution is -0.132. The number of carbonyl (C=O) groups excluding carboxylic acids is 2. The van der Waals surface area contributed by atoms with Crippen LogP contribution in [-0.2, 0) is 9.59 Å². The summed E-state index contributed by atoms with van der Waals surface area (Å²) < 4.78 is 46.2. The summed E-state index contributed by atoms with van der Waals surface area (Å²) in [7, 11) is 0. The first kappa shape index (κ1) is 19.5. The van der Waals surface area contributed by atoms with Gasteiger partial charge in [0, 0.05) is 17.3 Å². The Kier molecular flexibility index (Phi) is 4.69. The summed E-state index contributed by atoms with van der Waals surface area (Å²) in [6.07, 6.45) is 1.31. The van der Waals surface area contributed by atoms with Crippen LogP contribution >= 0.6 is 0 Å². The molecular weight excluding hydrogens is 399 g/mol. The zero-order valence-electron chi connectivity index (χ0n) is 15.5. The average molecular weight is 413 g/mol. The SMILES string of the molecule is Cc1cc(/C(O)=C2/C(=O)C(=O)N(c3ccc(F)c(F)c3)C2c2ccco2)ccc1F. The first-order chi connectivity index (χ1) is 14.3. The molecule has 1 aliphatic rings. The maximum atomic E-state index is 13.8. The minimum absolute atomic E-state index is 0.0910. The van der Waals surface area contributed by atoms with E-state index in [4.69, 9.17) is 4.42 Å². The van der Waals surface area contributed by atoms with Gasteiger partial charge in [0.05, 0.1) is 11.8 Å². The molecule has 0 saturated carbocycles. The van der Waals surface area contributed by atoms with E-state index in [1.165, 1.54) is 37.5 Å². The van der Waals surface area contributed by atoms with Gasteiger partial charge in [0.1, 0.15) is 23.4 Å². The number of aryl methyl sites for hydroxylation is 1. The third kappa shape index (κ3) is 3.06. The first-order valence-corrected chi connectivity index (χ1v) is 8.85. The van der Waals surface area contributed by atoms with Crippen molar-refractivity contribution in [1.29, 1.82) is 0 Å². The third-order valence-corrected chi connectivity index (χ3v) is 4.87. The molecule has 0 radical (unpaired) electrons. The molecule has 1 N–H and O–H groups in total. The van der Waals surface area contributed by atoms with Crippen molar-refractivity contribution in [3.05, 3.63) is 94.7 Å². The Balaban J connectivity index is 1.93. The molecule has 5 nitrogen and oxygen atoms in total. The number of ketones is 1. The number of furan rings is 1. The van der Waals surface area contributed by atoms with Crippen LogP contribution in [0.25, 0.3) is 5.76 Å². The second-order valence-electron chi connectivity index (χ2n) is 6.75. The maximum Gasteiger partial charge on any atom is 0.300 e. The summed E-state index contributed by atoms with van der Waals surface area (Å²) in [5, 5.41) is 10.8. The molecule has 2 aromatic carbocycles. The number of rotatable bonds is 3. The number of aliphatic hydroxyl groups is 1. The van der Waals surface area contributed by atoms with E-state index in [9.17, 15) is 27.9 Å². The highest BCUT2D eigenvalue weighted by atomic mass is 19.2. The minimum Gasteiger partial charge on any atom is -0.507 e. The van der Waals surface area contributed by atoms with E-state index in [1.54, 1.807) is 0 Å². The van der Waals surface area contributed by atoms with Crippen molar-refractivity contribution < 1.29 is 32.3 Å². The minimum atomic E-state index is -1.23. The van der Waals surface area contributed by atoms with E-state index in [2.05, 4.69) is 0 Å². The van der Waals surface area contributed by atoms with Crippen molar-refractivity contribution in [3.8, 4) is 0 Å². The predicted octanol–water partition coefficient (Wildman–Crippen LogP) is 4.63. The molecule has 1 aromatic heterocycles. The van der Waals surface area contributed by atoms with Crippen molar-refractivity contribution in [1.82, 2.24) is 0 Å². The summed E-state index contributed by atoms with van der Waals surface area (Å²) in [5.74, 6) is -5.34. The zero-order chi connectivity index (χ0) is 21.6. The molecule has 1 fully saturated rings. The quantitative estimate of drug-likeness (QED) is 0.386. The van der Waals surface area contributed by atoms with Crippen LogP contribution in [0.1, 0.15) is 22.9 Å². The smallest absolute Gasteiger partial charge is 0.300 e. The largest absolute Gasteiger partial charge is 0.507 e. The highest BCUT2D eigenvalue weighted by Gasteiger charge is 2.48. The standard InChI is InChI=1S/C22H14F3NO4/c1-11-9-12(4-6-14(11)23)20(27)18-19(17-3-2-8-30-17)26(22(29)21(18)28)13-5-7-15(24)16(25)10-13/h2-10,19,27H,1H3/b20-18-. The van der Waals surface area contributed by atoms with E-state index in [0.717, 1.165) is 29.2 Å². The van der Waals surface area contributed by atoms with Gasteiger partial charge in [-0.2, -0.15) is 0 Å². The number of nitrogens with zero attached hydrogens (tertiary/aromatic N) is 1. The number of benzene rings is 2. The molecule has 0 bridgehead atoms. The number of aliphatic hydroxyl groups excluding tert-OH is 1. The second-order valence-corrected chi connectivity index (χ2v) is 6.75. The highest BCUT2D eigenvalue weighted by Crippen LogP contribution is 2.42. The lowest BCUT2D eigenvalue weighted by Gasteiger charge is -2.23. The number of amides is 1. The van der Waals surface area contributed by atoms with Gasteiger partial charge in [-0.1, -0.05) is 0 Å². The van der Waals surface area contributed by atoms with Crippen LogP contribution < -0.4 is 4.90 Å². The van der Waals surface area contributed by atoms with Crippen LogP contribution in [0.5, 0.6) is 0 Å². The van der Waals surface area contributed by atoms with Crippen molar-refractivity contribution in [2.75, 3.05) is 4.90 Å². The Morgan fingerprint density at radius 1 is 1.00 bits per heavy atom. The average Bonchev–Trinajstić information content (AvgIpc) is 3.33. The summed E-state index contributed by atoms with van der Waals surface area (Å²) in [4.78, 5) is 26.5. The lowest BCUT2D eigenvalue weighted by atomic mass is 9.98. The first-order valence-electron chi connectivity index (χ1n) is 8.85. The van der Waals surface area contributed by atoms with E-state index >= 15 is 0 Å². The normalized spacial score (nSPS) is 18.3. The molecule has 1 aliphatic heterocycles. The van der Waals surface area contributed by atoms with Crippen LogP contribution in [0.4, 0.5) is 18.9 Å². The second kappa shape index (κ2) is 7.22. The van der Waals surface area contributed by atoms with Crippen LogP contribution in [0, 0.1) is 24.4 Å². The lowest BCUT2D eigenvalue weighted by Crippen LogP contribution is -2.29. The van der Waals surface area contributed by atoms with Gasteiger partial charge in [0.15, 0.2) is 11.6 Å². The summed E-state index contributed by atoms with van der Waals surface area (Å²) >= 11 is 0. The number of halogens is 3. The molecule has 2 heterocycles. The van der Waals surface area contributed by atoms with Gasteiger partial charge in [-0.05, 0) is 55.0 Å². The van der Waals surface area contributed by atoms with Crippen LogP contribution in [0.2, 0.25) is 0 Å². The fourth-order valence-electron chi connectivity index (χ4n) is 3.40. The Labute approximate surface area is 168 Å². The molecule has 1 atom stereocenters. The van der Waals surface area contributed by atoms with E-state index in [0.29, 0.717) is 0 Å². The Bertz CT molecular complexity index is 1200. The Morgan fingerprint density at radius 3 is 2.37 bits per heavy atom. The van der Waals surface area contributed by atoms with E-state index in [1.807, 2.05) is 0 Å². The Morgan fingerprint density at radius 2 is 1.73 bits per heavy atom. The predicted molar refractivity (Wildman–Crippen MR) is 101 cm³/mol. The molecule has 1 amide bonds. The van der Waals surface area contributed by atoms with Crippen molar-refractivity contribution in [3.63, 3.8) is 0 Å². The van der Waals surface area contributed by atoms with Crippen LogP contribution in [-0.4, -0.2) is 16.8 Å². The molecular formula is C22H14F3NO4. The molecule has 4 rings (SSSR count). The van der Waals surface area contributed by atoms with E-state index < -0.39 is 40.9 Å². The summed E-state index contributed by atoms with van der Waals surface area (Å²) in [5.41, 5.74) is -0.0606. The van der Waals surface area contributed by atoms with Crippen molar-refractivity contribution in [2.24, 2.45) is 0 Å². The zero-order valence-corrected chi connectivity index (χ0v) is 15.5. The van der Waals surface area contributed by atoms with Gasteiger partial charge >= 0.3 is 0 Å². The van der Waals surface area contributed by atoms with Crippen LogP contribution in [0.15, 0.2) is 64.8 Å². The number of Topliss-reactive ketones (excluding diaryl/α,β-unsaturated/α-hetero) is 1. The molecule has 1 unspecified atom stereocenters. The van der Waals surface area contributed by atoms with Crippen LogP contribution in [0.3, 0.4) is 0 Å². The fraction of sp³-hybridized carbons (Fsp3) is 0.0909. The topological polar surface area (TPSA) is 70.8 Å². The fourth-order valence-corrected chi connectivity index (χ4v) is 3.40. The van der Waals surface area contributed by atoms with Gasteiger partial charge in [-0.3, -0.25) is 14.5 Å². The van der Waals surface area contributed by atoms with Crippen molar-refractivity contribution >= 4 is 23.1 Å². The van der Waals surface area contributed by atoms with Gasteiger partial charge < -0.3 is 9.52 Å². The number of carbonyl (C=O) groups is 2. The third-order valence-electron chi connectivity index (χ3n) is 4.87. The summed E-state index contributed by atoms with van der Waals surface area (Å²) in [6.45, 7) is 1.48. The summed E-state index contributed by atoms with van der Waals surface area (Å²) in [6, 6.07) is 8.23. The molecule has 30 heavy (non-hydrogen) atoms. The van der Waals surface area contributed by atoms with E-state index in [-0.39, 0.29) is 28.1 Å². The molecule has 0 spiro atoms. The maximum absolute atomic E-state index is 13.8. The molecule has 8 heteroatoms. The number of hydrogen-bond donors (Lipinski definition) is 1. The Hall–Kier alpha value is -3.81. The van der Waals surface area contributed by atoms with Gasteiger partial charge in [-0.15, -0.1) is 0 Å². The van der Waals surface area contributed by atoms with Gasteiger partial charge in [-0.25, -0.2) is 13.2 Å². The number of hydrogen-bond acceptors (Lipinski definition) is 4. The molecule has 1 saturated heterocycles. The molecule has 0 aliphatic carbocycles. The molecule has 152 valence electrons. The van der Waals surface area contributed by atoms with Gasteiger partial charge in [0.2, 0.25) is 0 Å². The van der Waals surface area contributed by atoms with Crippen molar-refractivity contribution in [2.45, 2.75) is 13.0 Å².